The molecular weight excluding hydrogens is 234 g/mol. The van der Waals surface area contributed by atoms with Crippen LogP contribution in [0.1, 0.15) is 47.0 Å². The summed E-state index contributed by atoms with van der Waals surface area (Å²) in [5, 5.41) is 3.59. The van der Waals surface area contributed by atoms with Crippen LogP contribution in [0.4, 0.5) is 0 Å². The van der Waals surface area contributed by atoms with Crippen molar-refractivity contribution in [2.45, 2.75) is 59.0 Å². The zero-order chi connectivity index (χ0) is 14.3. The van der Waals surface area contributed by atoms with E-state index in [9.17, 15) is 0 Å². The van der Waals surface area contributed by atoms with E-state index in [2.05, 4.69) is 49.9 Å². The van der Waals surface area contributed by atoms with Crippen molar-refractivity contribution in [2.75, 3.05) is 39.8 Å². The molecule has 19 heavy (non-hydrogen) atoms. The Morgan fingerprint density at radius 2 is 2.05 bits per heavy atom. The molecule has 0 bridgehead atoms. The topological polar surface area (TPSA) is 18.5 Å². The Morgan fingerprint density at radius 3 is 2.63 bits per heavy atom. The second kappa shape index (κ2) is 8.93. The van der Waals surface area contributed by atoms with Gasteiger partial charge in [-0.05, 0) is 51.9 Å². The van der Waals surface area contributed by atoms with Crippen LogP contribution < -0.4 is 5.32 Å². The first-order chi connectivity index (χ1) is 9.10. The van der Waals surface area contributed by atoms with Crippen molar-refractivity contribution in [3.63, 3.8) is 0 Å². The van der Waals surface area contributed by atoms with E-state index in [1.165, 1.54) is 38.9 Å². The minimum atomic E-state index is 0.658. The average molecular weight is 269 g/mol. The Kier molecular flexibility index (Phi) is 7.96. The van der Waals surface area contributed by atoms with Gasteiger partial charge in [0.15, 0.2) is 0 Å². The molecule has 0 aromatic heterocycles. The summed E-state index contributed by atoms with van der Waals surface area (Å²) in [6.07, 6.45) is 3.99. The van der Waals surface area contributed by atoms with Gasteiger partial charge in [-0.15, -0.1) is 0 Å². The summed E-state index contributed by atoms with van der Waals surface area (Å²) in [5.74, 6) is 0.714. The lowest BCUT2D eigenvalue weighted by Crippen LogP contribution is -2.48. The maximum Gasteiger partial charge on any atom is 0.0241 e. The Morgan fingerprint density at radius 1 is 1.32 bits per heavy atom. The second-order valence-electron chi connectivity index (χ2n) is 6.38. The highest BCUT2D eigenvalue weighted by molar-refractivity contribution is 4.84. The molecule has 0 saturated carbocycles. The van der Waals surface area contributed by atoms with Gasteiger partial charge in [-0.25, -0.2) is 0 Å². The van der Waals surface area contributed by atoms with Gasteiger partial charge in [-0.3, -0.25) is 4.90 Å². The van der Waals surface area contributed by atoms with E-state index in [-0.39, 0.29) is 0 Å². The monoisotopic (exact) mass is 269 g/mol. The van der Waals surface area contributed by atoms with Crippen LogP contribution in [0.3, 0.4) is 0 Å². The number of likely N-dealkylation sites (tertiary alicyclic amines) is 1. The number of nitrogens with one attached hydrogen (secondary N) is 1. The maximum absolute atomic E-state index is 3.59. The molecule has 3 nitrogen and oxygen atoms in total. The third-order valence-electron chi connectivity index (χ3n) is 4.52. The molecule has 0 aromatic carbocycles. The molecule has 0 radical (unpaired) electrons. The van der Waals surface area contributed by atoms with Crippen molar-refractivity contribution in [3.05, 3.63) is 0 Å². The van der Waals surface area contributed by atoms with Crippen molar-refractivity contribution in [2.24, 2.45) is 5.92 Å². The standard InChI is InChI=1S/C16H35N3/c1-6-10-17-12-16(14(3)4)18(5)13-15-9-8-11-19(15)7-2/h14-17H,6-13H2,1-5H3. The number of likely N-dealkylation sites (N-methyl/N-ethyl adjacent to an activating group) is 2. The largest absolute Gasteiger partial charge is 0.315 e. The highest BCUT2D eigenvalue weighted by Gasteiger charge is 2.27. The number of hydrogen-bond acceptors (Lipinski definition) is 3. The summed E-state index contributed by atoms with van der Waals surface area (Å²) in [7, 11) is 2.31. The minimum Gasteiger partial charge on any atom is -0.315 e. The van der Waals surface area contributed by atoms with E-state index >= 15 is 0 Å². The third kappa shape index (κ3) is 5.41. The van der Waals surface area contributed by atoms with E-state index in [1.54, 1.807) is 0 Å². The molecular formula is C16H35N3. The molecule has 1 N–H and O–H groups in total. The molecule has 1 aliphatic rings. The Balaban J connectivity index is 2.44. The van der Waals surface area contributed by atoms with E-state index in [4.69, 9.17) is 0 Å². The average Bonchev–Trinajstić information content (AvgIpc) is 2.81. The molecule has 1 rings (SSSR count). The first kappa shape index (κ1) is 16.9. The highest BCUT2D eigenvalue weighted by atomic mass is 15.2. The predicted molar refractivity (Wildman–Crippen MR) is 84.7 cm³/mol. The van der Waals surface area contributed by atoms with Crippen molar-refractivity contribution in [1.82, 2.24) is 15.1 Å². The molecule has 0 aromatic rings. The van der Waals surface area contributed by atoms with Crippen molar-refractivity contribution >= 4 is 0 Å². The summed E-state index contributed by atoms with van der Waals surface area (Å²) >= 11 is 0. The summed E-state index contributed by atoms with van der Waals surface area (Å²) in [4.78, 5) is 5.24. The van der Waals surface area contributed by atoms with Gasteiger partial charge >= 0.3 is 0 Å². The van der Waals surface area contributed by atoms with Crippen LogP contribution in [0.5, 0.6) is 0 Å². The van der Waals surface area contributed by atoms with Gasteiger partial charge < -0.3 is 10.2 Å². The zero-order valence-electron chi connectivity index (χ0n) is 13.8. The number of nitrogens with zero attached hydrogens (tertiary/aromatic N) is 2. The molecule has 1 heterocycles. The normalized spacial score (nSPS) is 22.6. The first-order valence-corrected chi connectivity index (χ1v) is 8.25. The fourth-order valence-corrected chi connectivity index (χ4v) is 3.31. The van der Waals surface area contributed by atoms with Crippen molar-refractivity contribution < 1.29 is 0 Å². The lowest BCUT2D eigenvalue weighted by molar-refractivity contribution is 0.136. The molecule has 1 saturated heterocycles. The Bertz CT molecular complexity index is 230. The molecule has 2 atom stereocenters. The molecule has 2 unspecified atom stereocenters. The van der Waals surface area contributed by atoms with Gasteiger partial charge in [-0.1, -0.05) is 27.7 Å². The molecule has 0 aliphatic carbocycles. The van der Waals surface area contributed by atoms with E-state index in [0.29, 0.717) is 12.0 Å². The quantitative estimate of drug-likeness (QED) is 0.649. The fourth-order valence-electron chi connectivity index (χ4n) is 3.31. The summed E-state index contributed by atoms with van der Waals surface area (Å²) in [6.45, 7) is 15.2. The van der Waals surface area contributed by atoms with Gasteiger partial charge in [0, 0.05) is 25.2 Å². The summed E-state index contributed by atoms with van der Waals surface area (Å²) < 4.78 is 0. The van der Waals surface area contributed by atoms with E-state index in [1.807, 2.05) is 0 Å². The lowest BCUT2D eigenvalue weighted by atomic mass is 10.0. The first-order valence-electron chi connectivity index (χ1n) is 8.25. The van der Waals surface area contributed by atoms with Crippen molar-refractivity contribution in [3.8, 4) is 0 Å². The predicted octanol–water partition coefficient (Wildman–Crippen LogP) is 2.43. The maximum atomic E-state index is 3.59. The highest BCUT2D eigenvalue weighted by Crippen LogP contribution is 2.19. The van der Waals surface area contributed by atoms with Gasteiger partial charge in [-0.2, -0.15) is 0 Å². The van der Waals surface area contributed by atoms with E-state index in [0.717, 1.165) is 19.1 Å². The minimum absolute atomic E-state index is 0.658. The summed E-state index contributed by atoms with van der Waals surface area (Å²) in [6, 6.07) is 1.44. The third-order valence-corrected chi connectivity index (χ3v) is 4.52. The van der Waals surface area contributed by atoms with Crippen LogP contribution in [0.15, 0.2) is 0 Å². The molecule has 3 heteroatoms. The van der Waals surface area contributed by atoms with Gasteiger partial charge in [0.25, 0.3) is 0 Å². The molecule has 1 aliphatic heterocycles. The fraction of sp³-hybridized carbons (Fsp3) is 1.00. The molecule has 114 valence electrons. The molecule has 1 fully saturated rings. The molecule has 0 spiro atoms. The second-order valence-corrected chi connectivity index (χ2v) is 6.38. The van der Waals surface area contributed by atoms with Crippen LogP contribution >= 0.6 is 0 Å². The smallest absolute Gasteiger partial charge is 0.0241 e. The Labute approximate surface area is 120 Å². The molecule has 0 amide bonds. The van der Waals surface area contributed by atoms with Gasteiger partial charge in [0.1, 0.15) is 0 Å². The van der Waals surface area contributed by atoms with Crippen LogP contribution in [-0.4, -0.2) is 61.7 Å². The summed E-state index contributed by atoms with van der Waals surface area (Å²) in [5.41, 5.74) is 0. The number of rotatable bonds is 9. The lowest BCUT2D eigenvalue weighted by Gasteiger charge is -2.35. The van der Waals surface area contributed by atoms with Crippen LogP contribution in [0.25, 0.3) is 0 Å². The Hall–Kier alpha value is -0.120. The van der Waals surface area contributed by atoms with E-state index < -0.39 is 0 Å². The van der Waals surface area contributed by atoms with Crippen LogP contribution in [0, 0.1) is 5.92 Å². The SMILES string of the molecule is CCCNCC(C(C)C)N(C)CC1CCCN1CC. The van der Waals surface area contributed by atoms with Crippen LogP contribution in [-0.2, 0) is 0 Å². The zero-order valence-corrected chi connectivity index (χ0v) is 13.8. The van der Waals surface area contributed by atoms with Crippen LogP contribution in [0.2, 0.25) is 0 Å². The van der Waals surface area contributed by atoms with Gasteiger partial charge in [0.2, 0.25) is 0 Å². The number of hydrogen-bond donors (Lipinski definition) is 1. The van der Waals surface area contributed by atoms with Crippen molar-refractivity contribution in [1.29, 1.82) is 0 Å². The van der Waals surface area contributed by atoms with Gasteiger partial charge in [0.05, 0.1) is 0 Å².